The van der Waals surface area contributed by atoms with Crippen LogP contribution < -0.4 is 19.5 Å². The van der Waals surface area contributed by atoms with Crippen LogP contribution in [0.5, 0.6) is 17.2 Å². The minimum absolute atomic E-state index is 0.266. The third-order valence-corrected chi connectivity index (χ3v) is 3.05. The summed E-state index contributed by atoms with van der Waals surface area (Å²) in [5.41, 5.74) is 0.663. The van der Waals surface area contributed by atoms with Crippen LogP contribution in [0.25, 0.3) is 0 Å². The molecule has 2 aromatic rings. The fraction of sp³-hybridized carbons (Fsp3) is 0.176. The van der Waals surface area contributed by atoms with E-state index in [0.29, 0.717) is 11.8 Å². The number of amides is 1. The van der Waals surface area contributed by atoms with Crippen LogP contribution in [0, 0.1) is 0 Å². The van der Waals surface area contributed by atoms with Crippen molar-refractivity contribution < 1.29 is 37.0 Å². The molecule has 0 saturated heterocycles. The Hall–Kier alpha value is -3.23. The number of hydrogen-bond acceptors (Lipinski definition) is 5. The molecule has 0 spiro atoms. The van der Waals surface area contributed by atoms with E-state index in [1.807, 2.05) is 0 Å². The second-order valence-electron chi connectivity index (χ2n) is 4.94. The molecule has 1 amide bonds. The van der Waals surface area contributed by atoms with Crippen LogP contribution >= 0.6 is 0 Å². The number of carbonyl (C=O) groups excluding carboxylic acids is 2. The molecule has 2 aromatic carbocycles. The van der Waals surface area contributed by atoms with E-state index in [9.17, 15) is 22.8 Å². The third kappa shape index (κ3) is 5.69. The van der Waals surface area contributed by atoms with Crippen LogP contribution in [0.4, 0.5) is 18.9 Å². The number of anilines is 1. The number of nitrogens with one attached hydrogen (secondary N) is 1. The van der Waals surface area contributed by atoms with Crippen LogP contribution in [0.2, 0.25) is 0 Å². The zero-order valence-electron chi connectivity index (χ0n) is 13.5. The van der Waals surface area contributed by atoms with E-state index in [1.54, 1.807) is 0 Å². The van der Waals surface area contributed by atoms with E-state index in [-0.39, 0.29) is 23.8 Å². The summed E-state index contributed by atoms with van der Waals surface area (Å²) in [5.74, 6) is -0.374. The minimum Gasteiger partial charge on any atom is -0.493 e. The van der Waals surface area contributed by atoms with Crippen LogP contribution in [0.1, 0.15) is 10.4 Å². The molecule has 0 heterocycles. The first-order valence-electron chi connectivity index (χ1n) is 7.22. The highest BCUT2D eigenvalue weighted by atomic mass is 19.4. The minimum atomic E-state index is -4.78. The van der Waals surface area contributed by atoms with Gasteiger partial charge >= 0.3 is 6.36 Å². The maximum Gasteiger partial charge on any atom is 0.573 e. The van der Waals surface area contributed by atoms with Gasteiger partial charge in [0.1, 0.15) is 12.0 Å². The summed E-state index contributed by atoms with van der Waals surface area (Å²) in [4.78, 5) is 22.6. The van der Waals surface area contributed by atoms with Crippen molar-refractivity contribution in [1.82, 2.24) is 0 Å². The number of carbonyl (C=O) groups is 2. The summed E-state index contributed by atoms with van der Waals surface area (Å²) >= 11 is 0. The van der Waals surface area contributed by atoms with Crippen LogP contribution in [-0.4, -0.2) is 32.3 Å². The highest BCUT2D eigenvalue weighted by Gasteiger charge is 2.30. The SMILES string of the molecule is COc1cc(C=O)ccc1OCC(=O)Nc1ccc(OC(F)(F)F)cc1. The van der Waals surface area contributed by atoms with Gasteiger partial charge in [0.25, 0.3) is 5.91 Å². The monoisotopic (exact) mass is 369 g/mol. The molecule has 9 heteroatoms. The van der Waals surface area contributed by atoms with Crippen molar-refractivity contribution in [2.75, 3.05) is 19.0 Å². The van der Waals surface area contributed by atoms with Gasteiger partial charge in [0.2, 0.25) is 0 Å². The first-order valence-corrected chi connectivity index (χ1v) is 7.22. The fourth-order valence-electron chi connectivity index (χ4n) is 1.96. The van der Waals surface area contributed by atoms with E-state index in [4.69, 9.17) is 9.47 Å². The second kappa shape index (κ2) is 8.24. The van der Waals surface area contributed by atoms with Crippen molar-refractivity contribution in [3.05, 3.63) is 48.0 Å². The molecule has 138 valence electrons. The fourth-order valence-corrected chi connectivity index (χ4v) is 1.96. The molecule has 0 fully saturated rings. The largest absolute Gasteiger partial charge is 0.573 e. The van der Waals surface area contributed by atoms with Crippen molar-refractivity contribution in [2.45, 2.75) is 6.36 Å². The Morgan fingerprint density at radius 1 is 1.12 bits per heavy atom. The number of halogens is 3. The summed E-state index contributed by atoms with van der Waals surface area (Å²) in [6.45, 7) is -0.363. The molecule has 26 heavy (non-hydrogen) atoms. The molecule has 0 unspecified atom stereocenters. The van der Waals surface area contributed by atoms with Crippen molar-refractivity contribution in [2.24, 2.45) is 0 Å². The molecule has 0 aliphatic heterocycles. The normalized spacial score (nSPS) is 10.8. The number of benzene rings is 2. The summed E-state index contributed by atoms with van der Waals surface area (Å²) in [7, 11) is 1.39. The lowest BCUT2D eigenvalue weighted by Crippen LogP contribution is -2.20. The Balaban J connectivity index is 1.92. The first kappa shape index (κ1) is 19.1. The van der Waals surface area contributed by atoms with Gasteiger partial charge in [0.15, 0.2) is 18.1 Å². The lowest BCUT2D eigenvalue weighted by molar-refractivity contribution is -0.274. The Kier molecular flexibility index (Phi) is 6.05. The zero-order valence-corrected chi connectivity index (χ0v) is 13.5. The molecule has 0 aliphatic rings. The van der Waals surface area contributed by atoms with Crippen LogP contribution in [0.3, 0.4) is 0 Å². The number of hydrogen-bond donors (Lipinski definition) is 1. The Morgan fingerprint density at radius 3 is 2.38 bits per heavy atom. The van der Waals surface area contributed by atoms with Crippen molar-refractivity contribution in [3.8, 4) is 17.2 Å². The molecule has 0 atom stereocenters. The number of alkyl halides is 3. The topological polar surface area (TPSA) is 73.9 Å². The molecule has 0 saturated carbocycles. The van der Waals surface area contributed by atoms with Gasteiger partial charge in [-0.1, -0.05) is 0 Å². The molecule has 2 rings (SSSR count). The van der Waals surface area contributed by atoms with E-state index in [1.165, 1.54) is 37.4 Å². The van der Waals surface area contributed by atoms with Gasteiger partial charge in [-0.3, -0.25) is 9.59 Å². The van der Waals surface area contributed by atoms with Gasteiger partial charge in [-0.15, -0.1) is 13.2 Å². The average Bonchev–Trinajstić information content (AvgIpc) is 2.60. The van der Waals surface area contributed by atoms with Crippen molar-refractivity contribution in [1.29, 1.82) is 0 Å². The molecule has 0 aliphatic carbocycles. The van der Waals surface area contributed by atoms with E-state index < -0.39 is 18.0 Å². The lowest BCUT2D eigenvalue weighted by atomic mass is 10.2. The summed E-state index contributed by atoms with van der Waals surface area (Å²) < 4.78 is 50.4. The predicted octanol–water partition coefficient (Wildman–Crippen LogP) is 3.42. The molecule has 0 radical (unpaired) electrons. The summed E-state index contributed by atoms with van der Waals surface area (Å²) in [5, 5.41) is 2.46. The Bertz CT molecular complexity index is 775. The molecular formula is C17H14F3NO5. The zero-order chi connectivity index (χ0) is 19.2. The highest BCUT2D eigenvalue weighted by molar-refractivity contribution is 5.92. The Morgan fingerprint density at radius 2 is 1.81 bits per heavy atom. The Labute approximate surface area is 146 Å². The maximum absolute atomic E-state index is 12.1. The third-order valence-electron chi connectivity index (χ3n) is 3.05. The maximum atomic E-state index is 12.1. The number of aldehydes is 1. The van der Waals surface area contributed by atoms with Gasteiger partial charge in [-0.2, -0.15) is 0 Å². The molecule has 6 nitrogen and oxygen atoms in total. The lowest BCUT2D eigenvalue weighted by Gasteiger charge is -2.12. The first-order chi connectivity index (χ1) is 12.3. The highest BCUT2D eigenvalue weighted by Crippen LogP contribution is 2.27. The molecule has 1 N–H and O–H groups in total. The van der Waals surface area contributed by atoms with Gasteiger partial charge in [0, 0.05) is 11.3 Å². The standard InChI is InChI=1S/C17H14F3NO5/c1-24-15-8-11(9-22)2-7-14(15)25-10-16(23)21-12-3-5-13(6-4-12)26-17(18,19)20/h2-9H,10H2,1H3,(H,21,23). The van der Waals surface area contributed by atoms with Gasteiger partial charge in [-0.05, 0) is 42.5 Å². The summed E-state index contributed by atoms with van der Waals surface area (Å²) in [6, 6.07) is 9.12. The van der Waals surface area contributed by atoms with Gasteiger partial charge in [0.05, 0.1) is 7.11 Å². The number of methoxy groups -OCH3 is 1. The molecule has 0 aromatic heterocycles. The van der Waals surface area contributed by atoms with E-state index in [0.717, 1.165) is 12.1 Å². The van der Waals surface area contributed by atoms with Crippen LogP contribution in [0.15, 0.2) is 42.5 Å². The predicted molar refractivity (Wildman–Crippen MR) is 85.6 cm³/mol. The van der Waals surface area contributed by atoms with Crippen molar-refractivity contribution in [3.63, 3.8) is 0 Å². The number of rotatable bonds is 7. The number of ether oxygens (including phenoxy) is 3. The van der Waals surface area contributed by atoms with Gasteiger partial charge in [-0.25, -0.2) is 0 Å². The quantitative estimate of drug-likeness (QED) is 0.757. The van der Waals surface area contributed by atoms with Gasteiger partial charge < -0.3 is 19.5 Å². The van der Waals surface area contributed by atoms with Crippen LogP contribution in [-0.2, 0) is 4.79 Å². The van der Waals surface area contributed by atoms with E-state index >= 15 is 0 Å². The molecular weight excluding hydrogens is 355 g/mol. The second-order valence-corrected chi connectivity index (χ2v) is 4.94. The smallest absolute Gasteiger partial charge is 0.493 e. The van der Waals surface area contributed by atoms with E-state index in [2.05, 4.69) is 10.1 Å². The van der Waals surface area contributed by atoms with Crippen molar-refractivity contribution >= 4 is 17.9 Å². The average molecular weight is 369 g/mol. The molecule has 0 bridgehead atoms. The summed E-state index contributed by atoms with van der Waals surface area (Å²) in [6.07, 6.45) is -4.14.